The fourth-order valence-corrected chi connectivity index (χ4v) is 1.63. The first-order chi connectivity index (χ1) is 6.41. The molecule has 1 saturated heterocycles. The normalized spacial score (nSPS) is 21.7. The monoisotopic (exact) mass is 236 g/mol. The van der Waals surface area contributed by atoms with Gasteiger partial charge in [0, 0.05) is 25.6 Å². The Morgan fingerprint density at radius 3 is 2.67 bits per heavy atom. The van der Waals surface area contributed by atoms with Gasteiger partial charge >= 0.3 is 0 Å². The molecule has 2 N–H and O–H groups in total. The van der Waals surface area contributed by atoms with E-state index in [-0.39, 0.29) is 30.0 Å². The Kier molecular flexibility index (Phi) is 5.56. The molecular formula is C10H21ClN2O2. The summed E-state index contributed by atoms with van der Waals surface area (Å²) in [7, 11) is 0. The zero-order valence-corrected chi connectivity index (χ0v) is 10.5. The van der Waals surface area contributed by atoms with E-state index in [1.165, 1.54) is 0 Å². The summed E-state index contributed by atoms with van der Waals surface area (Å²) >= 11 is 0. The second-order valence-electron chi connectivity index (χ2n) is 4.60. The highest BCUT2D eigenvalue weighted by Gasteiger charge is 2.29. The standard InChI is InChI=1S/C10H20N2O2.ClH/c1-8(11)6-9(13)12-4-5-14-10(2,3)7-12;/h8H,4-7,11H2,1-3H3;1H. The van der Waals surface area contributed by atoms with E-state index in [0.29, 0.717) is 26.1 Å². The minimum atomic E-state index is -0.217. The van der Waals surface area contributed by atoms with E-state index < -0.39 is 0 Å². The first-order valence-electron chi connectivity index (χ1n) is 5.08. The zero-order chi connectivity index (χ0) is 10.8. The minimum absolute atomic E-state index is 0. The van der Waals surface area contributed by atoms with Crippen LogP contribution in [0.15, 0.2) is 0 Å². The molecule has 0 radical (unpaired) electrons. The highest BCUT2D eigenvalue weighted by Crippen LogP contribution is 2.17. The fourth-order valence-electron chi connectivity index (χ4n) is 1.63. The smallest absolute Gasteiger partial charge is 0.224 e. The molecule has 1 aliphatic heterocycles. The zero-order valence-electron chi connectivity index (χ0n) is 9.66. The van der Waals surface area contributed by atoms with Crippen LogP contribution in [0, 0.1) is 0 Å². The predicted octanol–water partition coefficient (Wildman–Crippen LogP) is 0.783. The van der Waals surface area contributed by atoms with Crippen LogP contribution in [0.4, 0.5) is 0 Å². The third-order valence-corrected chi connectivity index (χ3v) is 2.27. The van der Waals surface area contributed by atoms with Crippen molar-refractivity contribution in [3.8, 4) is 0 Å². The Labute approximate surface area is 97.5 Å². The molecular weight excluding hydrogens is 216 g/mol. The van der Waals surface area contributed by atoms with E-state index in [1.807, 2.05) is 25.7 Å². The van der Waals surface area contributed by atoms with Crippen molar-refractivity contribution < 1.29 is 9.53 Å². The van der Waals surface area contributed by atoms with Gasteiger partial charge in [-0.05, 0) is 20.8 Å². The molecule has 4 nitrogen and oxygen atoms in total. The fraction of sp³-hybridized carbons (Fsp3) is 0.900. The Morgan fingerprint density at radius 2 is 2.20 bits per heavy atom. The number of carbonyl (C=O) groups excluding carboxylic acids is 1. The van der Waals surface area contributed by atoms with E-state index in [9.17, 15) is 4.79 Å². The molecule has 0 saturated carbocycles. The highest BCUT2D eigenvalue weighted by molar-refractivity contribution is 5.85. The van der Waals surface area contributed by atoms with Crippen LogP contribution in [0.2, 0.25) is 0 Å². The van der Waals surface area contributed by atoms with Crippen LogP contribution in [0.1, 0.15) is 27.2 Å². The number of halogens is 1. The van der Waals surface area contributed by atoms with Gasteiger partial charge in [-0.3, -0.25) is 4.79 Å². The van der Waals surface area contributed by atoms with Crippen molar-refractivity contribution >= 4 is 18.3 Å². The number of rotatable bonds is 2. The van der Waals surface area contributed by atoms with Crippen molar-refractivity contribution in [1.29, 1.82) is 0 Å². The number of morpholine rings is 1. The molecule has 0 bridgehead atoms. The first-order valence-corrected chi connectivity index (χ1v) is 5.08. The Balaban J connectivity index is 0.00000196. The van der Waals surface area contributed by atoms with Crippen LogP contribution in [0.3, 0.4) is 0 Å². The molecule has 0 aromatic rings. The minimum Gasteiger partial charge on any atom is -0.372 e. The first kappa shape index (κ1) is 14.7. The van der Waals surface area contributed by atoms with Gasteiger partial charge < -0.3 is 15.4 Å². The number of hydrogen-bond acceptors (Lipinski definition) is 3. The summed E-state index contributed by atoms with van der Waals surface area (Å²) in [5.74, 6) is 0.136. The molecule has 1 rings (SSSR count). The average molecular weight is 237 g/mol. The van der Waals surface area contributed by atoms with Gasteiger partial charge in [0.25, 0.3) is 0 Å². The third-order valence-electron chi connectivity index (χ3n) is 2.27. The molecule has 15 heavy (non-hydrogen) atoms. The molecule has 0 aromatic heterocycles. The van der Waals surface area contributed by atoms with Crippen LogP contribution in [0.25, 0.3) is 0 Å². The molecule has 1 aliphatic rings. The van der Waals surface area contributed by atoms with Gasteiger partial charge in [0.15, 0.2) is 0 Å². The Morgan fingerprint density at radius 1 is 1.60 bits per heavy atom. The van der Waals surface area contributed by atoms with Gasteiger partial charge in [-0.15, -0.1) is 12.4 Å². The summed E-state index contributed by atoms with van der Waals surface area (Å²) in [5.41, 5.74) is 5.37. The maximum absolute atomic E-state index is 11.7. The SMILES string of the molecule is CC(N)CC(=O)N1CCOC(C)(C)C1.Cl. The van der Waals surface area contributed by atoms with Crippen molar-refractivity contribution in [1.82, 2.24) is 4.90 Å². The van der Waals surface area contributed by atoms with Crippen LogP contribution < -0.4 is 5.73 Å². The second kappa shape index (κ2) is 5.68. The van der Waals surface area contributed by atoms with Crippen molar-refractivity contribution in [3.05, 3.63) is 0 Å². The number of hydrogen-bond donors (Lipinski definition) is 1. The van der Waals surface area contributed by atoms with E-state index in [2.05, 4.69) is 0 Å². The Bertz CT molecular complexity index is 219. The van der Waals surface area contributed by atoms with E-state index in [4.69, 9.17) is 10.5 Å². The quantitative estimate of drug-likeness (QED) is 0.771. The highest BCUT2D eigenvalue weighted by atomic mass is 35.5. The molecule has 1 fully saturated rings. The average Bonchev–Trinajstić information content (AvgIpc) is 2.01. The third kappa shape index (κ3) is 4.82. The van der Waals surface area contributed by atoms with Gasteiger partial charge in [0.1, 0.15) is 0 Å². The molecule has 1 atom stereocenters. The lowest BCUT2D eigenvalue weighted by Crippen LogP contribution is -2.51. The molecule has 0 aliphatic carbocycles. The molecule has 1 unspecified atom stereocenters. The van der Waals surface area contributed by atoms with Gasteiger partial charge in [0.05, 0.1) is 12.2 Å². The van der Waals surface area contributed by atoms with Gasteiger partial charge in [0.2, 0.25) is 5.91 Å². The summed E-state index contributed by atoms with van der Waals surface area (Å²) in [6.45, 7) is 7.82. The lowest BCUT2D eigenvalue weighted by atomic mass is 10.1. The van der Waals surface area contributed by atoms with Gasteiger partial charge in [-0.25, -0.2) is 0 Å². The number of nitrogens with zero attached hydrogens (tertiary/aromatic N) is 1. The summed E-state index contributed by atoms with van der Waals surface area (Å²) in [5, 5.41) is 0. The topological polar surface area (TPSA) is 55.6 Å². The van der Waals surface area contributed by atoms with Gasteiger partial charge in [-0.2, -0.15) is 0 Å². The van der Waals surface area contributed by atoms with Crippen molar-refractivity contribution in [3.63, 3.8) is 0 Å². The van der Waals surface area contributed by atoms with Crippen molar-refractivity contribution in [2.24, 2.45) is 5.73 Å². The van der Waals surface area contributed by atoms with Gasteiger partial charge in [-0.1, -0.05) is 0 Å². The maximum Gasteiger partial charge on any atom is 0.224 e. The number of nitrogens with two attached hydrogens (primary N) is 1. The lowest BCUT2D eigenvalue weighted by molar-refractivity contribution is -0.146. The van der Waals surface area contributed by atoms with Crippen LogP contribution >= 0.6 is 12.4 Å². The molecule has 90 valence electrons. The number of carbonyl (C=O) groups is 1. The maximum atomic E-state index is 11.7. The summed E-state index contributed by atoms with van der Waals surface area (Å²) < 4.78 is 5.53. The van der Waals surface area contributed by atoms with Crippen LogP contribution in [0.5, 0.6) is 0 Å². The summed E-state index contributed by atoms with van der Waals surface area (Å²) in [6.07, 6.45) is 0.427. The van der Waals surface area contributed by atoms with E-state index >= 15 is 0 Å². The molecule has 1 heterocycles. The number of amides is 1. The second-order valence-corrected chi connectivity index (χ2v) is 4.60. The number of ether oxygens (including phenoxy) is 1. The van der Waals surface area contributed by atoms with E-state index in [0.717, 1.165) is 0 Å². The van der Waals surface area contributed by atoms with E-state index in [1.54, 1.807) is 0 Å². The predicted molar refractivity (Wildman–Crippen MR) is 62.1 cm³/mol. The molecule has 5 heteroatoms. The Hall–Kier alpha value is -0.320. The molecule has 0 aromatic carbocycles. The van der Waals surface area contributed by atoms with Crippen LogP contribution in [-0.2, 0) is 9.53 Å². The molecule has 1 amide bonds. The summed E-state index contributed by atoms with van der Waals surface area (Å²) in [4.78, 5) is 13.5. The largest absolute Gasteiger partial charge is 0.372 e. The lowest BCUT2D eigenvalue weighted by Gasteiger charge is -2.38. The van der Waals surface area contributed by atoms with Crippen LogP contribution in [-0.4, -0.2) is 42.1 Å². The van der Waals surface area contributed by atoms with Crippen molar-refractivity contribution in [2.45, 2.75) is 38.8 Å². The molecule has 0 spiro atoms. The summed E-state index contributed by atoms with van der Waals surface area (Å²) in [6, 6.07) is -0.0616. The van der Waals surface area contributed by atoms with Crippen molar-refractivity contribution in [2.75, 3.05) is 19.7 Å².